The summed E-state index contributed by atoms with van der Waals surface area (Å²) in [7, 11) is 0. The summed E-state index contributed by atoms with van der Waals surface area (Å²) in [6.07, 6.45) is 6.59. The van der Waals surface area contributed by atoms with Crippen molar-refractivity contribution in [2.75, 3.05) is 5.32 Å². The monoisotopic (exact) mass is 338 g/mol. The van der Waals surface area contributed by atoms with E-state index >= 15 is 0 Å². The van der Waals surface area contributed by atoms with E-state index in [2.05, 4.69) is 10.3 Å². The van der Waals surface area contributed by atoms with E-state index in [4.69, 9.17) is 0 Å². The van der Waals surface area contributed by atoms with Crippen molar-refractivity contribution in [3.05, 3.63) is 52.7 Å². The molecule has 1 aliphatic rings. The van der Waals surface area contributed by atoms with Crippen molar-refractivity contribution >= 4 is 17.2 Å². The van der Waals surface area contributed by atoms with E-state index in [9.17, 15) is 15.2 Å². The quantitative estimate of drug-likeness (QED) is 0.554. The average Bonchev–Trinajstić information content (AvgIpc) is 3.23. The first kappa shape index (κ1) is 15.4. The van der Waals surface area contributed by atoms with Crippen LogP contribution >= 0.6 is 0 Å². The van der Waals surface area contributed by atoms with Crippen molar-refractivity contribution in [2.45, 2.75) is 31.7 Å². The van der Waals surface area contributed by atoms with Gasteiger partial charge >= 0.3 is 5.69 Å². The van der Waals surface area contributed by atoms with Crippen LogP contribution in [0.4, 0.5) is 11.5 Å². The molecule has 2 N–H and O–H groups in total. The lowest BCUT2D eigenvalue weighted by molar-refractivity contribution is -0.385. The third-order valence-electron chi connectivity index (χ3n) is 4.67. The fourth-order valence-electron chi connectivity index (χ4n) is 3.42. The molecule has 2 heterocycles. The zero-order valence-electron chi connectivity index (χ0n) is 13.6. The highest BCUT2D eigenvalue weighted by Crippen LogP contribution is 2.36. The number of nitrogens with one attached hydrogen (secondary N) is 1. The Kier molecular flexibility index (Phi) is 3.76. The Balaban J connectivity index is 1.83. The Morgan fingerprint density at radius 2 is 2.04 bits per heavy atom. The molecule has 1 saturated carbocycles. The summed E-state index contributed by atoms with van der Waals surface area (Å²) in [6, 6.07) is 10.5. The van der Waals surface area contributed by atoms with Gasteiger partial charge in [0.05, 0.1) is 4.92 Å². The van der Waals surface area contributed by atoms with Crippen molar-refractivity contribution in [2.24, 2.45) is 0 Å². The van der Waals surface area contributed by atoms with Crippen LogP contribution in [0.15, 0.2) is 42.6 Å². The van der Waals surface area contributed by atoms with Gasteiger partial charge in [-0.2, -0.15) is 0 Å². The van der Waals surface area contributed by atoms with Crippen LogP contribution in [0.25, 0.3) is 16.9 Å². The third kappa shape index (κ3) is 2.77. The summed E-state index contributed by atoms with van der Waals surface area (Å²) < 4.78 is 1.98. The van der Waals surface area contributed by atoms with Crippen molar-refractivity contribution in [3.63, 3.8) is 0 Å². The minimum atomic E-state index is -0.597. The van der Waals surface area contributed by atoms with Gasteiger partial charge in [-0.05, 0) is 37.1 Å². The molecule has 128 valence electrons. The maximum absolute atomic E-state index is 10.9. The summed E-state index contributed by atoms with van der Waals surface area (Å²) in [5.41, 5.74) is 1.81. The molecule has 0 radical (unpaired) electrons. The molecule has 0 aliphatic heterocycles. The van der Waals surface area contributed by atoms with Crippen LogP contribution in [0.2, 0.25) is 0 Å². The van der Waals surface area contributed by atoms with Crippen molar-refractivity contribution in [3.8, 4) is 17.0 Å². The minimum Gasteiger partial charge on any atom is -0.502 e. The highest BCUT2D eigenvalue weighted by Gasteiger charge is 2.22. The molecule has 1 fully saturated rings. The first-order valence-electron chi connectivity index (χ1n) is 8.35. The number of nitro benzene ring substituents is 1. The maximum atomic E-state index is 10.9. The van der Waals surface area contributed by atoms with Gasteiger partial charge in [-0.3, -0.25) is 14.5 Å². The number of anilines is 1. The molecular weight excluding hydrogens is 320 g/mol. The van der Waals surface area contributed by atoms with Gasteiger partial charge in [0.2, 0.25) is 0 Å². The number of hydrogen-bond acceptors (Lipinski definition) is 5. The lowest BCUT2D eigenvalue weighted by atomic mass is 10.1. The molecule has 2 aromatic heterocycles. The fourth-order valence-corrected chi connectivity index (χ4v) is 3.42. The van der Waals surface area contributed by atoms with E-state index in [0.717, 1.165) is 24.3 Å². The number of phenolic OH excluding ortho intramolecular Hbond substituents is 1. The number of aromatic nitrogens is 2. The van der Waals surface area contributed by atoms with Gasteiger partial charge in [0.1, 0.15) is 17.2 Å². The van der Waals surface area contributed by atoms with Gasteiger partial charge in [0, 0.05) is 23.9 Å². The van der Waals surface area contributed by atoms with Crippen LogP contribution < -0.4 is 5.32 Å². The molecule has 0 spiro atoms. The molecule has 1 aliphatic carbocycles. The van der Waals surface area contributed by atoms with Gasteiger partial charge in [0.25, 0.3) is 0 Å². The number of imidazole rings is 1. The Morgan fingerprint density at radius 1 is 1.24 bits per heavy atom. The Bertz CT molecular complexity index is 945. The molecule has 0 amide bonds. The molecule has 0 bridgehead atoms. The molecule has 0 atom stereocenters. The summed E-state index contributed by atoms with van der Waals surface area (Å²) in [6.45, 7) is 0. The first-order valence-corrected chi connectivity index (χ1v) is 8.35. The molecule has 0 unspecified atom stereocenters. The van der Waals surface area contributed by atoms with Crippen molar-refractivity contribution < 1.29 is 10.0 Å². The summed E-state index contributed by atoms with van der Waals surface area (Å²) in [5.74, 6) is 0.502. The Hall–Kier alpha value is -3.09. The second-order valence-corrected chi connectivity index (χ2v) is 6.32. The number of fused-ring (bicyclic) bond motifs is 1. The predicted octanol–water partition coefficient (Wildman–Crippen LogP) is 3.97. The number of rotatable bonds is 4. The number of aromatic hydroxyl groups is 1. The normalized spacial score (nSPS) is 14.9. The van der Waals surface area contributed by atoms with Crippen LogP contribution in [-0.4, -0.2) is 25.5 Å². The zero-order chi connectivity index (χ0) is 17.4. The largest absolute Gasteiger partial charge is 0.502 e. The predicted molar refractivity (Wildman–Crippen MR) is 94.8 cm³/mol. The van der Waals surface area contributed by atoms with Gasteiger partial charge in [-0.1, -0.05) is 18.9 Å². The van der Waals surface area contributed by atoms with Crippen molar-refractivity contribution in [1.29, 1.82) is 0 Å². The smallest absolute Gasteiger partial charge is 0.310 e. The van der Waals surface area contributed by atoms with Crippen LogP contribution in [-0.2, 0) is 0 Å². The summed E-state index contributed by atoms with van der Waals surface area (Å²) in [5, 5.41) is 24.5. The molecule has 3 aromatic rings. The number of phenols is 1. The van der Waals surface area contributed by atoms with Crippen LogP contribution in [0.1, 0.15) is 25.7 Å². The second kappa shape index (κ2) is 6.08. The Labute approximate surface area is 144 Å². The van der Waals surface area contributed by atoms with E-state index in [1.807, 2.05) is 28.8 Å². The van der Waals surface area contributed by atoms with E-state index in [1.54, 1.807) is 6.07 Å². The van der Waals surface area contributed by atoms with Crippen LogP contribution in [0.5, 0.6) is 5.75 Å². The molecule has 0 saturated heterocycles. The first-order chi connectivity index (χ1) is 12.1. The SMILES string of the molecule is O=[N+]([O-])c1ccc(-c2nc3ccccn3c2NC2CCCC2)cc1O. The number of nitrogens with zero attached hydrogens (tertiary/aromatic N) is 3. The zero-order valence-corrected chi connectivity index (χ0v) is 13.6. The molecule has 7 heteroatoms. The molecule has 25 heavy (non-hydrogen) atoms. The number of benzene rings is 1. The van der Waals surface area contributed by atoms with Gasteiger partial charge in [-0.15, -0.1) is 0 Å². The maximum Gasteiger partial charge on any atom is 0.310 e. The number of pyridine rings is 1. The van der Waals surface area contributed by atoms with Gasteiger partial charge in [0.15, 0.2) is 5.75 Å². The highest BCUT2D eigenvalue weighted by molar-refractivity contribution is 5.78. The number of hydrogen-bond donors (Lipinski definition) is 2. The van der Waals surface area contributed by atoms with E-state index < -0.39 is 4.92 Å². The van der Waals surface area contributed by atoms with Crippen molar-refractivity contribution in [1.82, 2.24) is 9.38 Å². The second-order valence-electron chi connectivity index (χ2n) is 6.32. The fraction of sp³-hybridized carbons (Fsp3) is 0.278. The molecule has 1 aromatic carbocycles. The van der Waals surface area contributed by atoms with Crippen LogP contribution in [0.3, 0.4) is 0 Å². The third-order valence-corrected chi connectivity index (χ3v) is 4.67. The molecular formula is C18H18N4O3. The molecule has 7 nitrogen and oxygen atoms in total. The number of nitro groups is 1. The summed E-state index contributed by atoms with van der Waals surface area (Å²) in [4.78, 5) is 15.0. The summed E-state index contributed by atoms with van der Waals surface area (Å²) >= 11 is 0. The standard InChI is InChI=1S/C18H18N4O3/c23-15-11-12(8-9-14(15)22(24)25)17-18(19-13-5-1-2-6-13)21-10-4-3-7-16(21)20-17/h3-4,7-11,13,19,23H,1-2,5-6H2. The van der Waals surface area contributed by atoms with E-state index in [0.29, 0.717) is 17.3 Å². The van der Waals surface area contributed by atoms with Gasteiger partial charge < -0.3 is 10.4 Å². The highest BCUT2D eigenvalue weighted by atomic mass is 16.6. The lowest BCUT2D eigenvalue weighted by Gasteiger charge is -2.14. The van der Waals surface area contributed by atoms with Crippen LogP contribution in [0, 0.1) is 10.1 Å². The van der Waals surface area contributed by atoms with E-state index in [-0.39, 0.29) is 11.4 Å². The molecule has 4 rings (SSSR count). The van der Waals surface area contributed by atoms with Gasteiger partial charge in [-0.25, -0.2) is 4.98 Å². The topological polar surface area (TPSA) is 92.7 Å². The van der Waals surface area contributed by atoms with E-state index in [1.165, 1.54) is 25.0 Å². The minimum absolute atomic E-state index is 0.308. The lowest BCUT2D eigenvalue weighted by Crippen LogP contribution is -2.16. The Morgan fingerprint density at radius 3 is 2.76 bits per heavy atom. The average molecular weight is 338 g/mol.